The SMILES string of the molecule is CC(C)CC1(C)C=CC=C(/C=C/c2ccccc2)C=C1. The third-order valence-electron chi connectivity index (χ3n) is 3.54. The van der Waals surface area contributed by atoms with Gasteiger partial charge in [0.15, 0.2) is 0 Å². The third kappa shape index (κ3) is 4.38. The van der Waals surface area contributed by atoms with Gasteiger partial charge in [-0.25, -0.2) is 0 Å². The highest BCUT2D eigenvalue weighted by atomic mass is 14.2. The molecule has 0 nitrogen and oxygen atoms in total. The van der Waals surface area contributed by atoms with Gasteiger partial charge in [-0.2, -0.15) is 0 Å². The van der Waals surface area contributed by atoms with Gasteiger partial charge in [-0.3, -0.25) is 0 Å². The molecule has 1 aliphatic rings. The van der Waals surface area contributed by atoms with Crippen LogP contribution in [0.5, 0.6) is 0 Å². The predicted octanol–water partition coefficient (Wildman–Crippen LogP) is 5.80. The van der Waals surface area contributed by atoms with Crippen molar-refractivity contribution in [1.29, 1.82) is 0 Å². The third-order valence-corrected chi connectivity index (χ3v) is 3.54. The molecule has 0 spiro atoms. The van der Waals surface area contributed by atoms with Crippen LogP contribution in [0.1, 0.15) is 32.8 Å². The zero-order valence-corrected chi connectivity index (χ0v) is 12.7. The van der Waals surface area contributed by atoms with Crippen molar-refractivity contribution < 1.29 is 0 Å². The number of allylic oxidation sites excluding steroid dienone is 7. The Morgan fingerprint density at radius 2 is 1.80 bits per heavy atom. The molecule has 0 radical (unpaired) electrons. The van der Waals surface area contributed by atoms with E-state index in [4.69, 9.17) is 0 Å². The molecular weight excluding hydrogens is 240 g/mol. The molecule has 1 aliphatic carbocycles. The molecule has 0 fully saturated rings. The molecule has 0 amide bonds. The summed E-state index contributed by atoms with van der Waals surface area (Å²) in [5, 5.41) is 0. The number of hydrogen-bond donors (Lipinski definition) is 0. The molecule has 1 aromatic rings. The fourth-order valence-electron chi connectivity index (χ4n) is 2.66. The molecule has 1 atom stereocenters. The van der Waals surface area contributed by atoms with Gasteiger partial charge >= 0.3 is 0 Å². The maximum atomic E-state index is 2.33. The van der Waals surface area contributed by atoms with Gasteiger partial charge in [0.2, 0.25) is 0 Å². The van der Waals surface area contributed by atoms with Crippen molar-refractivity contribution in [2.75, 3.05) is 0 Å². The Bertz CT molecular complexity index is 541. The maximum absolute atomic E-state index is 2.33. The average molecular weight is 264 g/mol. The summed E-state index contributed by atoms with van der Waals surface area (Å²) >= 11 is 0. The summed E-state index contributed by atoms with van der Waals surface area (Å²) in [4.78, 5) is 0. The first-order chi connectivity index (χ1) is 9.57. The van der Waals surface area contributed by atoms with Crippen molar-refractivity contribution >= 4 is 6.08 Å². The van der Waals surface area contributed by atoms with Crippen LogP contribution in [-0.2, 0) is 0 Å². The molecule has 2 rings (SSSR count). The topological polar surface area (TPSA) is 0 Å². The van der Waals surface area contributed by atoms with Crippen molar-refractivity contribution in [3.63, 3.8) is 0 Å². The van der Waals surface area contributed by atoms with Crippen LogP contribution in [0.25, 0.3) is 6.08 Å². The lowest BCUT2D eigenvalue weighted by Crippen LogP contribution is -2.12. The van der Waals surface area contributed by atoms with Crippen LogP contribution in [-0.4, -0.2) is 0 Å². The molecule has 0 aliphatic heterocycles. The molecule has 0 heteroatoms. The highest BCUT2D eigenvalue weighted by Gasteiger charge is 2.19. The summed E-state index contributed by atoms with van der Waals surface area (Å²) < 4.78 is 0. The number of benzene rings is 1. The summed E-state index contributed by atoms with van der Waals surface area (Å²) in [6.07, 6.45) is 16.8. The van der Waals surface area contributed by atoms with Gasteiger partial charge in [0.1, 0.15) is 0 Å². The minimum Gasteiger partial charge on any atom is -0.0748 e. The monoisotopic (exact) mass is 264 g/mol. The minimum absolute atomic E-state index is 0.174. The van der Waals surface area contributed by atoms with Gasteiger partial charge in [0.05, 0.1) is 0 Å². The zero-order chi connectivity index (χ0) is 14.4. The fraction of sp³-hybridized carbons (Fsp3) is 0.300. The normalized spacial score (nSPS) is 22.3. The fourth-order valence-corrected chi connectivity index (χ4v) is 2.66. The van der Waals surface area contributed by atoms with Crippen molar-refractivity contribution in [1.82, 2.24) is 0 Å². The maximum Gasteiger partial charge on any atom is 0.00415 e. The first kappa shape index (κ1) is 14.6. The Balaban J connectivity index is 2.09. The van der Waals surface area contributed by atoms with Crippen LogP contribution < -0.4 is 0 Å². The van der Waals surface area contributed by atoms with Crippen molar-refractivity contribution in [3.05, 3.63) is 77.9 Å². The van der Waals surface area contributed by atoms with Gasteiger partial charge in [-0.1, -0.05) is 93.6 Å². The van der Waals surface area contributed by atoms with Gasteiger partial charge < -0.3 is 0 Å². The van der Waals surface area contributed by atoms with Crippen molar-refractivity contribution in [3.8, 4) is 0 Å². The van der Waals surface area contributed by atoms with E-state index >= 15 is 0 Å². The molecule has 1 unspecified atom stereocenters. The van der Waals surface area contributed by atoms with Gasteiger partial charge in [0, 0.05) is 5.41 Å². The van der Waals surface area contributed by atoms with E-state index in [0.29, 0.717) is 5.92 Å². The Morgan fingerprint density at radius 1 is 1.05 bits per heavy atom. The first-order valence-electron chi connectivity index (χ1n) is 7.39. The molecule has 0 heterocycles. The molecule has 0 aromatic heterocycles. The largest absolute Gasteiger partial charge is 0.0748 e. The second kappa shape index (κ2) is 6.56. The van der Waals surface area contributed by atoms with Crippen LogP contribution in [0.2, 0.25) is 0 Å². The Kier molecular flexibility index (Phi) is 4.79. The Hall–Kier alpha value is -1.82. The van der Waals surface area contributed by atoms with E-state index in [1.807, 2.05) is 6.07 Å². The standard InChI is InChI=1S/C20H24/c1-17(2)16-20(3)14-7-10-19(13-15-20)12-11-18-8-5-4-6-9-18/h4-15,17H,16H2,1-3H3/b12-11+. The van der Waals surface area contributed by atoms with Gasteiger partial charge in [-0.15, -0.1) is 0 Å². The van der Waals surface area contributed by atoms with E-state index in [2.05, 4.69) is 87.6 Å². The molecule has 0 N–H and O–H groups in total. The number of hydrogen-bond acceptors (Lipinski definition) is 0. The Labute approximate surface area is 123 Å². The van der Waals surface area contributed by atoms with Crippen LogP contribution in [0.3, 0.4) is 0 Å². The number of rotatable bonds is 4. The molecule has 0 bridgehead atoms. The molecule has 1 aromatic carbocycles. The van der Waals surface area contributed by atoms with E-state index in [-0.39, 0.29) is 5.41 Å². The van der Waals surface area contributed by atoms with Crippen LogP contribution in [0, 0.1) is 11.3 Å². The molecule has 0 saturated heterocycles. The van der Waals surface area contributed by atoms with E-state index in [1.165, 1.54) is 17.6 Å². The quantitative estimate of drug-likeness (QED) is 0.644. The molecule has 104 valence electrons. The summed E-state index contributed by atoms with van der Waals surface area (Å²) in [5.41, 5.74) is 2.66. The second-order valence-corrected chi connectivity index (χ2v) is 6.21. The smallest absolute Gasteiger partial charge is 0.00415 e. The van der Waals surface area contributed by atoms with Gasteiger partial charge in [0.25, 0.3) is 0 Å². The molecular formula is C20H24. The van der Waals surface area contributed by atoms with E-state index < -0.39 is 0 Å². The summed E-state index contributed by atoms with van der Waals surface area (Å²) in [7, 11) is 0. The first-order valence-corrected chi connectivity index (χ1v) is 7.39. The van der Waals surface area contributed by atoms with Crippen LogP contribution in [0.15, 0.2) is 72.4 Å². The van der Waals surface area contributed by atoms with Crippen LogP contribution in [0.4, 0.5) is 0 Å². The van der Waals surface area contributed by atoms with E-state index in [1.54, 1.807) is 0 Å². The van der Waals surface area contributed by atoms with Crippen molar-refractivity contribution in [2.45, 2.75) is 27.2 Å². The second-order valence-electron chi connectivity index (χ2n) is 6.21. The molecule has 20 heavy (non-hydrogen) atoms. The summed E-state index contributed by atoms with van der Waals surface area (Å²) in [6.45, 7) is 6.86. The molecule has 0 saturated carbocycles. The predicted molar refractivity (Wildman–Crippen MR) is 89.4 cm³/mol. The van der Waals surface area contributed by atoms with Gasteiger partial charge in [-0.05, 0) is 23.5 Å². The van der Waals surface area contributed by atoms with E-state index in [9.17, 15) is 0 Å². The highest BCUT2D eigenvalue weighted by molar-refractivity contribution is 5.55. The average Bonchev–Trinajstić information content (AvgIpc) is 2.59. The van der Waals surface area contributed by atoms with Crippen LogP contribution >= 0.6 is 0 Å². The lowest BCUT2D eigenvalue weighted by atomic mass is 9.81. The summed E-state index contributed by atoms with van der Waals surface area (Å²) in [5.74, 6) is 0.704. The minimum atomic E-state index is 0.174. The van der Waals surface area contributed by atoms with E-state index in [0.717, 1.165) is 0 Å². The van der Waals surface area contributed by atoms with Crippen molar-refractivity contribution in [2.24, 2.45) is 11.3 Å². The Morgan fingerprint density at radius 3 is 2.50 bits per heavy atom. The lowest BCUT2D eigenvalue weighted by Gasteiger charge is -2.23. The summed E-state index contributed by atoms with van der Waals surface area (Å²) in [6, 6.07) is 10.4. The zero-order valence-electron chi connectivity index (χ0n) is 12.7. The lowest BCUT2D eigenvalue weighted by molar-refractivity contribution is 0.410. The highest BCUT2D eigenvalue weighted by Crippen LogP contribution is 2.31.